The minimum atomic E-state index is -0.0443. The van der Waals surface area contributed by atoms with Crippen molar-refractivity contribution in [1.82, 2.24) is 29.9 Å². The first-order valence-corrected chi connectivity index (χ1v) is 9.49. The van der Waals surface area contributed by atoms with Crippen molar-refractivity contribution in [3.63, 3.8) is 0 Å². The van der Waals surface area contributed by atoms with Crippen molar-refractivity contribution in [2.75, 3.05) is 13.1 Å². The largest absolute Gasteiger partial charge is 0.298 e. The van der Waals surface area contributed by atoms with Crippen LogP contribution in [0.4, 0.5) is 0 Å². The first-order chi connectivity index (χ1) is 13.3. The molecule has 3 aromatic heterocycles. The standard InChI is InChI=1S/C20H22N6O/c27-19-4-3-18(15-5-7-21-8-6-15)24-26(19)12-14-10-25(11-14)13-17-9-22-23-20(17)16-1-2-16/h3-9,14,16H,1-2,10-13H2,(H,22,23). The Balaban J connectivity index is 1.22. The predicted molar refractivity (Wildman–Crippen MR) is 101 cm³/mol. The van der Waals surface area contributed by atoms with E-state index in [1.165, 1.54) is 24.1 Å². The number of nitrogens with one attached hydrogen (secondary N) is 1. The Hall–Kier alpha value is -2.80. The average Bonchev–Trinajstić information content (AvgIpc) is 3.41. The monoisotopic (exact) mass is 362 g/mol. The maximum atomic E-state index is 12.2. The molecule has 4 heterocycles. The summed E-state index contributed by atoms with van der Waals surface area (Å²) in [6.07, 6.45) is 8.00. The Labute approximate surface area is 157 Å². The highest BCUT2D eigenvalue weighted by atomic mass is 16.1. The van der Waals surface area contributed by atoms with Gasteiger partial charge in [0.15, 0.2) is 0 Å². The summed E-state index contributed by atoms with van der Waals surface area (Å²) < 4.78 is 1.60. The van der Waals surface area contributed by atoms with Crippen molar-refractivity contribution >= 4 is 0 Å². The van der Waals surface area contributed by atoms with Crippen molar-refractivity contribution in [2.45, 2.75) is 31.8 Å². The van der Waals surface area contributed by atoms with Gasteiger partial charge in [0.25, 0.3) is 5.56 Å². The lowest BCUT2D eigenvalue weighted by Crippen LogP contribution is -2.48. The molecule has 1 aliphatic carbocycles. The number of aromatic amines is 1. The summed E-state index contributed by atoms with van der Waals surface area (Å²) in [7, 11) is 0. The number of H-pyrrole nitrogens is 1. The van der Waals surface area contributed by atoms with Gasteiger partial charge >= 0.3 is 0 Å². The van der Waals surface area contributed by atoms with Crippen LogP contribution >= 0.6 is 0 Å². The van der Waals surface area contributed by atoms with Gasteiger partial charge in [0.05, 0.1) is 18.4 Å². The van der Waals surface area contributed by atoms with Crippen LogP contribution in [-0.2, 0) is 13.1 Å². The molecule has 2 fully saturated rings. The molecule has 0 bridgehead atoms. The third-order valence-electron chi connectivity index (χ3n) is 5.44. The predicted octanol–water partition coefficient (Wildman–Crippen LogP) is 2.04. The quantitative estimate of drug-likeness (QED) is 0.726. The normalized spacial score (nSPS) is 17.8. The van der Waals surface area contributed by atoms with E-state index < -0.39 is 0 Å². The van der Waals surface area contributed by atoms with E-state index in [0.717, 1.165) is 30.9 Å². The number of nitrogens with zero attached hydrogens (tertiary/aromatic N) is 5. The molecular weight excluding hydrogens is 340 g/mol. The summed E-state index contributed by atoms with van der Waals surface area (Å²) in [6, 6.07) is 7.20. The number of hydrogen-bond donors (Lipinski definition) is 1. The Morgan fingerprint density at radius 1 is 1.11 bits per heavy atom. The molecule has 138 valence electrons. The van der Waals surface area contributed by atoms with Crippen LogP contribution in [-0.4, -0.2) is 43.0 Å². The van der Waals surface area contributed by atoms with Crippen LogP contribution in [0.3, 0.4) is 0 Å². The van der Waals surface area contributed by atoms with Crippen molar-refractivity contribution in [3.05, 3.63) is 64.5 Å². The van der Waals surface area contributed by atoms with E-state index >= 15 is 0 Å². The van der Waals surface area contributed by atoms with Gasteiger partial charge in [0.1, 0.15) is 0 Å². The van der Waals surface area contributed by atoms with Crippen LogP contribution in [0.2, 0.25) is 0 Å². The number of pyridine rings is 1. The molecule has 7 nitrogen and oxygen atoms in total. The minimum Gasteiger partial charge on any atom is -0.298 e. The Morgan fingerprint density at radius 3 is 2.70 bits per heavy atom. The fourth-order valence-electron chi connectivity index (χ4n) is 3.84. The SMILES string of the molecule is O=c1ccc(-c2ccncc2)nn1CC1CN(Cc2cn[nH]c2C2CC2)C1. The van der Waals surface area contributed by atoms with E-state index in [-0.39, 0.29) is 5.56 Å². The van der Waals surface area contributed by atoms with Gasteiger partial charge in [-0.05, 0) is 31.0 Å². The fraction of sp³-hybridized carbons (Fsp3) is 0.400. The molecule has 27 heavy (non-hydrogen) atoms. The number of hydrogen-bond acceptors (Lipinski definition) is 5. The highest BCUT2D eigenvalue weighted by molar-refractivity contribution is 5.56. The summed E-state index contributed by atoms with van der Waals surface area (Å²) in [5.74, 6) is 1.15. The Bertz CT molecular complexity index is 985. The first kappa shape index (κ1) is 16.4. The maximum absolute atomic E-state index is 12.2. The molecule has 1 N–H and O–H groups in total. The highest BCUT2D eigenvalue weighted by Gasteiger charge is 2.31. The molecule has 0 spiro atoms. The molecule has 1 saturated carbocycles. The molecule has 2 aliphatic rings. The van der Waals surface area contributed by atoms with Crippen molar-refractivity contribution < 1.29 is 0 Å². The molecule has 1 saturated heterocycles. The van der Waals surface area contributed by atoms with Gasteiger partial charge in [-0.2, -0.15) is 10.2 Å². The van der Waals surface area contributed by atoms with Crippen molar-refractivity contribution in [1.29, 1.82) is 0 Å². The van der Waals surface area contributed by atoms with Gasteiger partial charge in [-0.25, -0.2) is 4.68 Å². The van der Waals surface area contributed by atoms with Crippen molar-refractivity contribution in [2.24, 2.45) is 5.92 Å². The van der Waals surface area contributed by atoms with E-state index in [9.17, 15) is 4.79 Å². The van der Waals surface area contributed by atoms with E-state index in [0.29, 0.717) is 18.4 Å². The number of likely N-dealkylation sites (tertiary alicyclic amines) is 1. The molecule has 0 atom stereocenters. The molecule has 0 aromatic carbocycles. The Kier molecular flexibility index (Phi) is 4.09. The Morgan fingerprint density at radius 2 is 1.93 bits per heavy atom. The van der Waals surface area contributed by atoms with Crippen molar-refractivity contribution in [3.8, 4) is 11.3 Å². The third-order valence-corrected chi connectivity index (χ3v) is 5.44. The fourth-order valence-corrected chi connectivity index (χ4v) is 3.84. The second kappa shape index (κ2) is 6.74. The molecule has 5 rings (SSSR count). The molecular formula is C20H22N6O. The topological polar surface area (TPSA) is 79.7 Å². The molecule has 0 radical (unpaired) electrons. The second-order valence-electron chi connectivity index (χ2n) is 7.62. The molecule has 0 unspecified atom stereocenters. The summed E-state index contributed by atoms with van der Waals surface area (Å²) in [5, 5.41) is 11.9. The van der Waals surface area contributed by atoms with Crippen LogP contribution in [0.1, 0.15) is 30.0 Å². The summed E-state index contributed by atoms with van der Waals surface area (Å²) in [6.45, 7) is 3.58. The van der Waals surface area contributed by atoms with Gasteiger partial charge in [0.2, 0.25) is 0 Å². The van der Waals surface area contributed by atoms with Gasteiger partial charge in [-0.1, -0.05) is 0 Å². The van der Waals surface area contributed by atoms with Gasteiger partial charge in [0, 0.05) is 66.8 Å². The molecule has 7 heteroatoms. The summed E-state index contributed by atoms with van der Waals surface area (Å²) in [4.78, 5) is 18.7. The zero-order valence-corrected chi connectivity index (χ0v) is 15.1. The maximum Gasteiger partial charge on any atom is 0.266 e. The van der Waals surface area contributed by atoms with E-state index in [4.69, 9.17) is 0 Å². The van der Waals surface area contributed by atoms with Gasteiger partial charge in [-0.15, -0.1) is 0 Å². The lowest BCUT2D eigenvalue weighted by Gasteiger charge is -2.39. The highest BCUT2D eigenvalue weighted by Crippen LogP contribution is 2.40. The van der Waals surface area contributed by atoms with Crippen LogP contribution < -0.4 is 5.56 Å². The van der Waals surface area contributed by atoms with Gasteiger partial charge in [-0.3, -0.25) is 19.8 Å². The summed E-state index contributed by atoms with van der Waals surface area (Å²) >= 11 is 0. The first-order valence-electron chi connectivity index (χ1n) is 9.49. The van der Waals surface area contributed by atoms with Gasteiger partial charge < -0.3 is 0 Å². The molecule has 0 amide bonds. The molecule has 3 aromatic rings. The smallest absolute Gasteiger partial charge is 0.266 e. The lowest BCUT2D eigenvalue weighted by atomic mass is 9.99. The average molecular weight is 362 g/mol. The summed E-state index contributed by atoms with van der Waals surface area (Å²) in [5.41, 5.74) is 4.38. The van der Waals surface area contributed by atoms with E-state index in [1.807, 2.05) is 18.3 Å². The van der Waals surface area contributed by atoms with Crippen LogP contribution in [0.15, 0.2) is 47.7 Å². The lowest BCUT2D eigenvalue weighted by molar-refractivity contribution is 0.0765. The van der Waals surface area contributed by atoms with Crippen LogP contribution in [0.5, 0.6) is 0 Å². The number of aromatic nitrogens is 5. The minimum absolute atomic E-state index is 0.0443. The van der Waals surface area contributed by atoms with E-state index in [1.54, 1.807) is 29.2 Å². The third kappa shape index (κ3) is 3.42. The zero-order chi connectivity index (χ0) is 18.2. The number of rotatable bonds is 6. The van der Waals surface area contributed by atoms with Crippen LogP contribution in [0, 0.1) is 5.92 Å². The second-order valence-corrected chi connectivity index (χ2v) is 7.62. The van der Waals surface area contributed by atoms with E-state index in [2.05, 4.69) is 25.2 Å². The zero-order valence-electron chi connectivity index (χ0n) is 15.1. The molecule has 1 aliphatic heterocycles. The van der Waals surface area contributed by atoms with Crippen LogP contribution in [0.25, 0.3) is 11.3 Å².